The van der Waals surface area contributed by atoms with E-state index in [1.165, 1.54) is 31.7 Å². The van der Waals surface area contributed by atoms with Gasteiger partial charge >= 0.3 is 0 Å². The van der Waals surface area contributed by atoms with E-state index in [-0.39, 0.29) is 16.9 Å². The third-order valence-electron chi connectivity index (χ3n) is 5.90. The van der Waals surface area contributed by atoms with Crippen molar-refractivity contribution >= 4 is 5.91 Å². The molecule has 1 amide bonds. The fourth-order valence-corrected chi connectivity index (χ4v) is 4.58. The van der Waals surface area contributed by atoms with Gasteiger partial charge in [0.25, 0.3) is 5.91 Å². The summed E-state index contributed by atoms with van der Waals surface area (Å²) in [6.45, 7) is 2.59. The molecule has 0 radical (unpaired) electrons. The minimum absolute atomic E-state index is 0.176. The van der Waals surface area contributed by atoms with E-state index in [1.807, 2.05) is 0 Å². The maximum atomic E-state index is 14.5. The fraction of sp³-hybridized carbons (Fsp3) is 0.588. The van der Waals surface area contributed by atoms with Crippen molar-refractivity contribution in [2.45, 2.75) is 50.2 Å². The van der Waals surface area contributed by atoms with Crippen LogP contribution in [0.1, 0.15) is 47.2 Å². The summed E-state index contributed by atoms with van der Waals surface area (Å²) in [5, 5.41) is 12.4. The van der Waals surface area contributed by atoms with Crippen molar-refractivity contribution < 1.29 is 14.4 Å². The molecule has 5 nitrogen and oxygen atoms in total. The Labute approximate surface area is 134 Å². The molecule has 3 aliphatic rings. The molecule has 1 aromatic carbocycles. The van der Waals surface area contributed by atoms with Gasteiger partial charge in [-0.25, -0.2) is 9.87 Å². The number of rotatable bonds is 2. The Balaban J connectivity index is 1.57. The van der Waals surface area contributed by atoms with E-state index in [4.69, 9.17) is 5.21 Å². The lowest BCUT2D eigenvalue weighted by Crippen LogP contribution is -2.65. The lowest BCUT2D eigenvalue weighted by Gasteiger charge is -2.53. The monoisotopic (exact) mass is 319 g/mol. The Morgan fingerprint density at radius 3 is 2.96 bits per heavy atom. The topological polar surface area (TPSA) is 64.6 Å². The highest BCUT2D eigenvalue weighted by molar-refractivity contribution is 5.93. The molecule has 1 spiro atoms. The summed E-state index contributed by atoms with van der Waals surface area (Å²) in [5.41, 5.74) is 3.58. The van der Waals surface area contributed by atoms with E-state index in [1.54, 1.807) is 11.5 Å². The molecule has 0 bridgehead atoms. The zero-order valence-corrected chi connectivity index (χ0v) is 13.1. The predicted molar refractivity (Wildman–Crippen MR) is 82.8 cm³/mol. The van der Waals surface area contributed by atoms with Gasteiger partial charge in [0.05, 0.1) is 0 Å². The summed E-state index contributed by atoms with van der Waals surface area (Å²) >= 11 is 0. The molecule has 6 heteroatoms. The molecule has 1 saturated carbocycles. The largest absolute Gasteiger partial charge is 0.310 e. The summed E-state index contributed by atoms with van der Waals surface area (Å²) in [6.07, 6.45) is 5.59. The lowest BCUT2D eigenvalue weighted by atomic mass is 9.69. The smallest absolute Gasteiger partial charge is 0.274 e. The number of amides is 1. The zero-order valence-electron chi connectivity index (χ0n) is 13.1. The van der Waals surface area contributed by atoms with E-state index in [2.05, 4.69) is 10.2 Å². The van der Waals surface area contributed by atoms with Crippen LogP contribution in [0.25, 0.3) is 0 Å². The van der Waals surface area contributed by atoms with Crippen molar-refractivity contribution in [1.29, 1.82) is 0 Å². The molecular formula is C17H22FN3O2. The van der Waals surface area contributed by atoms with Crippen LogP contribution < -0.4 is 10.8 Å². The summed E-state index contributed by atoms with van der Waals surface area (Å²) < 4.78 is 14.5. The van der Waals surface area contributed by atoms with Gasteiger partial charge in [0.15, 0.2) is 0 Å². The van der Waals surface area contributed by atoms with Crippen LogP contribution in [0.5, 0.6) is 0 Å². The normalized spacial score (nSPS) is 30.1. The number of benzene rings is 1. The number of carbonyl (C=O) groups is 1. The van der Waals surface area contributed by atoms with Crippen molar-refractivity contribution in [3.05, 3.63) is 34.6 Å². The number of fused-ring (bicyclic) bond motifs is 1. The standard InChI is InChI=1S/C17H22FN3O2/c18-14-9-12(16(22)20-23)8-11-3-7-21(10-13(11)14)15-2-5-17(15)4-1-6-19-17/h8-9,15,19,23H,1-7,10H2,(H,20,22)/t15-,17?/m1/s1. The number of carbonyl (C=O) groups excluding carboxylic acids is 1. The minimum atomic E-state index is -0.665. The molecule has 2 aliphatic heterocycles. The van der Waals surface area contributed by atoms with E-state index in [0.29, 0.717) is 18.2 Å². The second-order valence-electron chi connectivity index (χ2n) is 7.00. The van der Waals surface area contributed by atoms with E-state index in [9.17, 15) is 9.18 Å². The molecule has 1 saturated heterocycles. The predicted octanol–water partition coefficient (Wildman–Crippen LogP) is 1.59. The first-order chi connectivity index (χ1) is 11.1. The van der Waals surface area contributed by atoms with E-state index in [0.717, 1.165) is 25.1 Å². The highest BCUT2D eigenvalue weighted by atomic mass is 19.1. The highest BCUT2D eigenvalue weighted by Gasteiger charge is 2.51. The van der Waals surface area contributed by atoms with Crippen LogP contribution in [-0.4, -0.2) is 40.7 Å². The number of hydrogen-bond donors (Lipinski definition) is 3. The van der Waals surface area contributed by atoms with Crippen LogP contribution in [0.4, 0.5) is 4.39 Å². The maximum absolute atomic E-state index is 14.5. The number of halogens is 1. The van der Waals surface area contributed by atoms with Gasteiger partial charge in [-0.15, -0.1) is 0 Å². The number of hydrogen-bond acceptors (Lipinski definition) is 4. The third kappa shape index (κ3) is 2.36. The van der Waals surface area contributed by atoms with Crippen LogP contribution in [-0.2, 0) is 13.0 Å². The molecule has 1 aliphatic carbocycles. The summed E-state index contributed by atoms with van der Waals surface area (Å²) in [4.78, 5) is 13.9. The summed E-state index contributed by atoms with van der Waals surface area (Å²) in [7, 11) is 0. The van der Waals surface area contributed by atoms with Crippen LogP contribution in [0.3, 0.4) is 0 Å². The van der Waals surface area contributed by atoms with Gasteiger partial charge in [-0.05, 0) is 56.3 Å². The molecule has 4 rings (SSSR count). The van der Waals surface area contributed by atoms with Gasteiger partial charge in [-0.1, -0.05) is 0 Å². The van der Waals surface area contributed by atoms with Crippen LogP contribution in [0.2, 0.25) is 0 Å². The van der Waals surface area contributed by atoms with Crippen LogP contribution in [0, 0.1) is 5.82 Å². The Morgan fingerprint density at radius 2 is 2.30 bits per heavy atom. The van der Waals surface area contributed by atoms with Gasteiger partial charge in [0.1, 0.15) is 5.82 Å². The van der Waals surface area contributed by atoms with Crippen molar-refractivity contribution in [3.63, 3.8) is 0 Å². The molecule has 1 unspecified atom stereocenters. The number of nitrogens with one attached hydrogen (secondary N) is 2. The summed E-state index contributed by atoms with van der Waals surface area (Å²) in [5.74, 6) is -1.01. The summed E-state index contributed by atoms with van der Waals surface area (Å²) in [6, 6.07) is 3.42. The molecule has 1 aromatic rings. The lowest BCUT2D eigenvalue weighted by molar-refractivity contribution is 0.0142. The van der Waals surface area contributed by atoms with Gasteiger partial charge in [-0.2, -0.15) is 0 Å². The average molecular weight is 319 g/mol. The molecule has 2 heterocycles. The van der Waals surface area contributed by atoms with Crippen LogP contribution >= 0.6 is 0 Å². The first kappa shape index (κ1) is 15.1. The first-order valence-corrected chi connectivity index (χ1v) is 8.38. The van der Waals surface area contributed by atoms with Crippen LogP contribution in [0.15, 0.2) is 12.1 Å². The second kappa shape index (κ2) is 5.54. The first-order valence-electron chi connectivity index (χ1n) is 8.38. The van der Waals surface area contributed by atoms with Gasteiger partial charge in [-0.3, -0.25) is 14.9 Å². The molecular weight excluding hydrogens is 297 g/mol. The SMILES string of the molecule is O=C(NO)c1cc(F)c2c(c1)CCN([C@@H]1CCC13CCCN3)C2. The minimum Gasteiger partial charge on any atom is -0.310 e. The number of nitrogens with zero attached hydrogens (tertiary/aromatic N) is 1. The van der Waals surface area contributed by atoms with Gasteiger partial charge in [0, 0.05) is 35.8 Å². The quantitative estimate of drug-likeness (QED) is 0.572. The number of hydroxylamine groups is 1. The fourth-order valence-electron chi connectivity index (χ4n) is 4.58. The Kier molecular flexibility index (Phi) is 3.63. The van der Waals surface area contributed by atoms with E-state index < -0.39 is 5.91 Å². The third-order valence-corrected chi connectivity index (χ3v) is 5.90. The van der Waals surface area contributed by atoms with Crippen molar-refractivity contribution in [1.82, 2.24) is 15.7 Å². The zero-order chi connectivity index (χ0) is 16.0. The Morgan fingerprint density at radius 1 is 1.43 bits per heavy atom. The molecule has 2 atom stereocenters. The Hall–Kier alpha value is -1.50. The van der Waals surface area contributed by atoms with Gasteiger partial charge in [0.2, 0.25) is 0 Å². The van der Waals surface area contributed by atoms with Crippen molar-refractivity contribution in [2.75, 3.05) is 13.1 Å². The van der Waals surface area contributed by atoms with E-state index >= 15 is 0 Å². The molecule has 0 aromatic heterocycles. The van der Waals surface area contributed by atoms with Crippen molar-refractivity contribution in [2.24, 2.45) is 0 Å². The average Bonchev–Trinajstić information content (AvgIpc) is 3.05. The molecule has 3 N–H and O–H groups in total. The molecule has 2 fully saturated rings. The van der Waals surface area contributed by atoms with Crippen molar-refractivity contribution in [3.8, 4) is 0 Å². The van der Waals surface area contributed by atoms with Gasteiger partial charge < -0.3 is 5.32 Å². The maximum Gasteiger partial charge on any atom is 0.274 e. The molecule has 23 heavy (non-hydrogen) atoms. The second-order valence-corrected chi connectivity index (χ2v) is 7.00. The molecule has 124 valence electrons. The highest BCUT2D eigenvalue weighted by Crippen LogP contribution is 2.43. The Bertz CT molecular complexity index is 643.